The minimum absolute atomic E-state index is 0.167. The fraction of sp³-hybridized carbons (Fsp3) is 0.500. The Morgan fingerprint density at radius 3 is 2.58 bits per heavy atom. The highest BCUT2D eigenvalue weighted by atomic mass is 16.6. The van der Waals surface area contributed by atoms with E-state index in [1.165, 1.54) is 6.42 Å². The predicted molar refractivity (Wildman–Crippen MR) is 87.2 cm³/mol. The quantitative estimate of drug-likeness (QED) is 0.808. The van der Waals surface area contributed by atoms with Crippen molar-refractivity contribution in [3.05, 3.63) is 29.8 Å². The van der Waals surface area contributed by atoms with Gasteiger partial charge in [-0.25, -0.2) is 4.79 Å². The summed E-state index contributed by atoms with van der Waals surface area (Å²) in [5.41, 5.74) is 0.513. The molecule has 6 nitrogen and oxygen atoms in total. The lowest BCUT2D eigenvalue weighted by molar-refractivity contribution is -0.150. The summed E-state index contributed by atoms with van der Waals surface area (Å²) in [6.45, 7) is 1.55. The van der Waals surface area contributed by atoms with E-state index >= 15 is 0 Å². The van der Waals surface area contributed by atoms with Gasteiger partial charge in [0.25, 0.3) is 5.91 Å². The first-order valence-electron chi connectivity index (χ1n) is 8.16. The maximum atomic E-state index is 11.8. The molecule has 1 aromatic carbocycles. The topological polar surface area (TPSA) is 88.4 Å². The van der Waals surface area contributed by atoms with Crippen LogP contribution in [0.1, 0.15) is 38.2 Å². The third kappa shape index (κ3) is 5.58. The molecule has 0 spiro atoms. The van der Waals surface area contributed by atoms with Crippen LogP contribution >= 0.6 is 0 Å². The molecule has 2 atom stereocenters. The number of rotatable bonds is 6. The number of nitriles is 1. The highest BCUT2D eigenvalue weighted by molar-refractivity contribution is 5.81. The predicted octanol–water partition coefficient (Wildman–Crippen LogP) is 2.18. The second-order valence-electron chi connectivity index (χ2n) is 6.02. The molecule has 1 saturated carbocycles. The van der Waals surface area contributed by atoms with Gasteiger partial charge in [0.15, 0.2) is 13.2 Å². The second kappa shape index (κ2) is 8.92. The molecular weight excluding hydrogens is 308 g/mol. The van der Waals surface area contributed by atoms with Crippen LogP contribution in [0.25, 0.3) is 0 Å². The summed E-state index contributed by atoms with van der Waals surface area (Å²) in [5.74, 6) is 0.0382. The van der Waals surface area contributed by atoms with Crippen LogP contribution in [0.2, 0.25) is 0 Å². The summed E-state index contributed by atoms with van der Waals surface area (Å²) in [6.07, 6.45) is 4.41. The van der Waals surface area contributed by atoms with Crippen molar-refractivity contribution in [1.29, 1.82) is 5.26 Å². The normalized spacial score (nSPS) is 19.8. The molecule has 1 fully saturated rings. The highest BCUT2D eigenvalue weighted by Gasteiger charge is 2.23. The number of amides is 1. The van der Waals surface area contributed by atoms with E-state index in [4.69, 9.17) is 14.7 Å². The van der Waals surface area contributed by atoms with Crippen molar-refractivity contribution in [2.24, 2.45) is 5.92 Å². The molecule has 0 unspecified atom stereocenters. The number of ether oxygens (including phenoxy) is 2. The van der Waals surface area contributed by atoms with E-state index in [0.717, 1.165) is 19.3 Å². The molecule has 0 bridgehead atoms. The number of nitrogens with one attached hydrogen (secondary N) is 1. The lowest BCUT2D eigenvalue weighted by Gasteiger charge is -2.29. The van der Waals surface area contributed by atoms with Gasteiger partial charge in [-0.05, 0) is 43.0 Å². The summed E-state index contributed by atoms with van der Waals surface area (Å²) in [4.78, 5) is 23.5. The van der Waals surface area contributed by atoms with E-state index in [-0.39, 0.29) is 25.2 Å². The van der Waals surface area contributed by atoms with Crippen molar-refractivity contribution in [2.75, 3.05) is 13.2 Å². The zero-order valence-corrected chi connectivity index (χ0v) is 13.8. The van der Waals surface area contributed by atoms with Crippen molar-refractivity contribution in [3.8, 4) is 11.8 Å². The van der Waals surface area contributed by atoms with Crippen molar-refractivity contribution in [1.82, 2.24) is 5.32 Å². The van der Waals surface area contributed by atoms with Crippen molar-refractivity contribution >= 4 is 11.9 Å². The number of carbonyl (C=O) groups is 2. The van der Waals surface area contributed by atoms with Crippen LogP contribution in [0.4, 0.5) is 0 Å². The molecule has 1 amide bonds. The van der Waals surface area contributed by atoms with E-state index in [2.05, 4.69) is 12.2 Å². The number of hydrogen-bond donors (Lipinski definition) is 1. The average Bonchev–Trinajstić information content (AvgIpc) is 2.60. The fourth-order valence-electron chi connectivity index (χ4n) is 2.73. The van der Waals surface area contributed by atoms with Gasteiger partial charge >= 0.3 is 5.97 Å². The Hall–Kier alpha value is -2.55. The summed E-state index contributed by atoms with van der Waals surface area (Å²) < 4.78 is 10.2. The fourth-order valence-corrected chi connectivity index (χ4v) is 2.73. The molecule has 0 aromatic heterocycles. The van der Waals surface area contributed by atoms with E-state index < -0.39 is 5.97 Å². The minimum Gasteiger partial charge on any atom is -0.482 e. The van der Waals surface area contributed by atoms with Gasteiger partial charge in [0.1, 0.15) is 5.75 Å². The standard InChI is InChI=1S/C18H22N2O4/c1-13-4-2-3-5-16(13)20-17(21)11-24-18(22)12-23-15-8-6-14(10-19)7-9-15/h6-9,13,16H,2-5,11-12H2,1H3,(H,20,21)/t13-,16-/m0/s1. The smallest absolute Gasteiger partial charge is 0.344 e. The number of esters is 1. The molecule has 1 aromatic rings. The Balaban J connectivity index is 1.66. The molecule has 0 saturated heterocycles. The number of nitrogens with zero attached hydrogens (tertiary/aromatic N) is 1. The van der Waals surface area contributed by atoms with E-state index in [1.54, 1.807) is 24.3 Å². The van der Waals surface area contributed by atoms with Gasteiger partial charge in [-0.15, -0.1) is 0 Å². The largest absolute Gasteiger partial charge is 0.482 e. The first kappa shape index (κ1) is 17.8. The SMILES string of the molecule is C[C@H]1CCCC[C@@H]1NC(=O)COC(=O)COc1ccc(C#N)cc1. The van der Waals surface area contributed by atoms with Gasteiger partial charge in [-0.3, -0.25) is 4.79 Å². The highest BCUT2D eigenvalue weighted by Crippen LogP contribution is 2.23. The summed E-state index contributed by atoms with van der Waals surface area (Å²) in [7, 11) is 0. The lowest BCUT2D eigenvalue weighted by Crippen LogP contribution is -2.43. The Morgan fingerprint density at radius 2 is 1.92 bits per heavy atom. The maximum Gasteiger partial charge on any atom is 0.344 e. The maximum absolute atomic E-state index is 11.8. The van der Waals surface area contributed by atoms with Gasteiger partial charge < -0.3 is 14.8 Å². The number of carbonyl (C=O) groups excluding carboxylic acids is 2. The molecule has 6 heteroatoms. The van der Waals surface area contributed by atoms with Gasteiger partial charge in [0.05, 0.1) is 11.6 Å². The van der Waals surface area contributed by atoms with Gasteiger partial charge in [0, 0.05) is 6.04 Å². The van der Waals surface area contributed by atoms with E-state index in [9.17, 15) is 9.59 Å². The van der Waals surface area contributed by atoms with Crippen molar-refractivity contribution < 1.29 is 19.1 Å². The molecule has 1 N–H and O–H groups in total. The molecule has 0 radical (unpaired) electrons. The Kier molecular flexibility index (Phi) is 6.62. The van der Waals surface area contributed by atoms with Gasteiger partial charge in [-0.1, -0.05) is 19.8 Å². The molecule has 0 aliphatic heterocycles. The van der Waals surface area contributed by atoms with Crippen LogP contribution in [0, 0.1) is 17.2 Å². The Labute approximate surface area is 141 Å². The third-order valence-electron chi connectivity index (χ3n) is 4.16. The molecule has 128 valence electrons. The Morgan fingerprint density at radius 1 is 1.21 bits per heavy atom. The molecule has 2 rings (SSSR count). The first-order chi connectivity index (χ1) is 11.6. The number of benzene rings is 1. The van der Waals surface area contributed by atoms with Gasteiger partial charge in [0.2, 0.25) is 0 Å². The zero-order chi connectivity index (χ0) is 17.4. The molecular formula is C18H22N2O4. The van der Waals surface area contributed by atoms with Crippen LogP contribution in [0.15, 0.2) is 24.3 Å². The summed E-state index contributed by atoms with van der Waals surface area (Å²) >= 11 is 0. The van der Waals surface area contributed by atoms with E-state index in [1.807, 2.05) is 6.07 Å². The third-order valence-corrected chi connectivity index (χ3v) is 4.16. The molecule has 1 aliphatic carbocycles. The average molecular weight is 330 g/mol. The summed E-state index contributed by atoms with van der Waals surface area (Å²) in [5, 5.41) is 11.6. The monoisotopic (exact) mass is 330 g/mol. The molecule has 1 aliphatic rings. The zero-order valence-electron chi connectivity index (χ0n) is 13.8. The van der Waals surface area contributed by atoms with Crippen LogP contribution in [0.5, 0.6) is 5.75 Å². The second-order valence-corrected chi connectivity index (χ2v) is 6.02. The van der Waals surface area contributed by atoms with Gasteiger partial charge in [-0.2, -0.15) is 5.26 Å². The molecule has 0 heterocycles. The van der Waals surface area contributed by atoms with Crippen LogP contribution in [-0.4, -0.2) is 31.1 Å². The summed E-state index contributed by atoms with van der Waals surface area (Å²) in [6, 6.07) is 8.56. The van der Waals surface area contributed by atoms with E-state index in [0.29, 0.717) is 17.2 Å². The van der Waals surface area contributed by atoms with Crippen LogP contribution in [0.3, 0.4) is 0 Å². The van der Waals surface area contributed by atoms with Crippen molar-refractivity contribution in [3.63, 3.8) is 0 Å². The van der Waals surface area contributed by atoms with Crippen LogP contribution in [-0.2, 0) is 14.3 Å². The number of hydrogen-bond acceptors (Lipinski definition) is 5. The van der Waals surface area contributed by atoms with Crippen molar-refractivity contribution in [2.45, 2.75) is 38.6 Å². The van der Waals surface area contributed by atoms with Crippen LogP contribution < -0.4 is 10.1 Å². The lowest BCUT2D eigenvalue weighted by atomic mass is 9.86. The molecule has 24 heavy (non-hydrogen) atoms. The first-order valence-corrected chi connectivity index (χ1v) is 8.16. The Bertz CT molecular complexity index is 606. The minimum atomic E-state index is -0.605.